The molecule has 1 fully saturated rings. The lowest BCUT2D eigenvalue weighted by Crippen LogP contribution is -2.46. The maximum absolute atomic E-state index is 13.7. The lowest BCUT2D eigenvalue weighted by Gasteiger charge is -2.46. The summed E-state index contributed by atoms with van der Waals surface area (Å²) >= 11 is 0. The van der Waals surface area contributed by atoms with Crippen LogP contribution in [0.5, 0.6) is 0 Å². The summed E-state index contributed by atoms with van der Waals surface area (Å²) in [5.41, 5.74) is 5.29. The molecule has 5 rings (SSSR count). The third-order valence-electron chi connectivity index (χ3n) is 6.72. The first-order chi connectivity index (χ1) is 15.0. The highest BCUT2D eigenvalue weighted by Crippen LogP contribution is 2.50. The van der Waals surface area contributed by atoms with Crippen LogP contribution in [0.25, 0.3) is 0 Å². The summed E-state index contributed by atoms with van der Waals surface area (Å²) in [4.78, 5) is 0.329. The Kier molecular flexibility index (Phi) is 5.11. The van der Waals surface area contributed by atoms with Crippen LogP contribution in [0.2, 0.25) is 0 Å². The van der Waals surface area contributed by atoms with E-state index in [0.717, 1.165) is 28.8 Å². The summed E-state index contributed by atoms with van der Waals surface area (Å²) < 4.78 is 35.4. The molecule has 0 radical (unpaired) electrons. The van der Waals surface area contributed by atoms with Gasteiger partial charge in [0.1, 0.15) is 0 Å². The number of fused-ring (bicyclic) bond motifs is 3. The molecule has 5 heteroatoms. The summed E-state index contributed by atoms with van der Waals surface area (Å²) in [6.45, 7) is 5.15. The number of hydrogen-bond donors (Lipinski definition) is 0. The second-order valence-electron chi connectivity index (χ2n) is 8.62. The van der Waals surface area contributed by atoms with Gasteiger partial charge in [0.05, 0.1) is 16.7 Å². The molecule has 3 aromatic rings. The van der Waals surface area contributed by atoms with Gasteiger partial charge in [0, 0.05) is 19.1 Å². The molecular weight excluding hydrogens is 406 g/mol. The number of aryl methyl sites for hydroxylation is 2. The van der Waals surface area contributed by atoms with Crippen molar-refractivity contribution in [2.45, 2.75) is 37.2 Å². The van der Waals surface area contributed by atoms with Crippen LogP contribution in [-0.2, 0) is 14.8 Å². The van der Waals surface area contributed by atoms with E-state index in [9.17, 15) is 8.42 Å². The first-order valence-electron chi connectivity index (χ1n) is 10.8. The maximum Gasteiger partial charge on any atom is 0.264 e. The van der Waals surface area contributed by atoms with Gasteiger partial charge < -0.3 is 4.74 Å². The minimum Gasteiger partial charge on any atom is -0.373 e. The fraction of sp³-hybridized carbons (Fsp3) is 0.308. The highest BCUT2D eigenvalue weighted by molar-refractivity contribution is 7.92. The fourth-order valence-electron chi connectivity index (χ4n) is 5.09. The molecule has 2 heterocycles. The number of ether oxygens (including phenoxy) is 1. The Morgan fingerprint density at radius 2 is 1.55 bits per heavy atom. The van der Waals surface area contributed by atoms with E-state index in [-0.39, 0.29) is 17.9 Å². The van der Waals surface area contributed by atoms with E-state index in [1.54, 1.807) is 16.4 Å². The van der Waals surface area contributed by atoms with Crippen LogP contribution in [-0.4, -0.2) is 21.6 Å². The zero-order valence-electron chi connectivity index (χ0n) is 17.9. The third-order valence-corrected chi connectivity index (χ3v) is 8.51. The van der Waals surface area contributed by atoms with Gasteiger partial charge in [-0.15, -0.1) is 0 Å². The SMILES string of the molecule is Cc1ccc(S(=O)(=O)N2C[C@H]3[C@H](CCO[C@H]3c3ccccc3C)c3ccccc32)cc1. The molecule has 0 saturated carbocycles. The lowest BCUT2D eigenvalue weighted by molar-refractivity contribution is -0.0387. The van der Waals surface area contributed by atoms with Gasteiger partial charge in [-0.1, -0.05) is 60.2 Å². The van der Waals surface area contributed by atoms with Crippen LogP contribution in [0.3, 0.4) is 0 Å². The quantitative estimate of drug-likeness (QED) is 0.558. The maximum atomic E-state index is 13.7. The van der Waals surface area contributed by atoms with Crippen LogP contribution >= 0.6 is 0 Å². The van der Waals surface area contributed by atoms with Gasteiger partial charge in [0.25, 0.3) is 10.0 Å². The van der Waals surface area contributed by atoms with Gasteiger partial charge in [-0.25, -0.2) is 8.42 Å². The Bertz CT molecular complexity index is 1200. The molecule has 0 bridgehead atoms. The topological polar surface area (TPSA) is 46.6 Å². The Morgan fingerprint density at radius 1 is 0.871 bits per heavy atom. The molecule has 1 saturated heterocycles. The van der Waals surface area contributed by atoms with Crippen molar-refractivity contribution >= 4 is 15.7 Å². The molecule has 0 spiro atoms. The number of sulfonamides is 1. The van der Waals surface area contributed by atoms with E-state index in [2.05, 4.69) is 25.1 Å². The van der Waals surface area contributed by atoms with E-state index in [1.807, 2.05) is 49.4 Å². The molecule has 0 amide bonds. The van der Waals surface area contributed by atoms with Crippen LogP contribution in [0.15, 0.2) is 77.7 Å². The number of para-hydroxylation sites is 1. The van der Waals surface area contributed by atoms with Crippen LogP contribution in [0, 0.1) is 19.8 Å². The van der Waals surface area contributed by atoms with Crippen molar-refractivity contribution in [2.75, 3.05) is 17.5 Å². The van der Waals surface area contributed by atoms with Gasteiger partial charge >= 0.3 is 0 Å². The van der Waals surface area contributed by atoms with E-state index in [4.69, 9.17) is 4.74 Å². The van der Waals surface area contributed by atoms with Gasteiger partial charge in [-0.3, -0.25) is 4.31 Å². The average molecular weight is 434 g/mol. The van der Waals surface area contributed by atoms with E-state index in [1.165, 1.54) is 5.56 Å². The van der Waals surface area contributed by atoms with Crippen molar-refractivity contribution in [3.63, 3.8) is 0 Å². The predicted molar refractivity (Wildman–Crippen MR) is 123 cm³/mol. The van der Waals surface area contributed by atoms with Crippen molar-refractivity contribution in [1.29, 1.82) is 0 Å². The number of hydrogen-bond acceptors (Lipinski definition) is 3. The first-order valence-corrected chi connectivity index (χ1v) is 12.3. The minimum atomic E-state index is -3.68. The molecule has 3 atom stereocenters. The van der Waals surface area contributed by atoms with Crippen molar-refractivity contribution in [1.82, 2.24) is 0 Å². The zero-order valence-corrected chi connectivity index (χ0v) is 18.7. The fourth-order valence-corrected chi connectivity index (χ4v) is 6.62. The van der Waals surface area contributed by atoms with Crippen molar-refractivity contribution in [3.8, 4) is 0 Å². The molecule has 3 aromatic carbocycles. The Morgan fingerprint density at radius 3 is 2.29 bits per heavy atom. The van der Waals surface area contributed by atoms with E-state index >= 15 is 0 Å². The molecule has 2 aliphatic heterocycles. The molecule has 0 N–H and O–H groups in total. The molecular formula is C26H27NO3S. The summed E-state index contributed by atoms with van der Waals surface area (Å²) in [5, 5.41) is 0. The molecule has 0 aromatic heterocycles. The number of nitrogens with zero attached hydrogens (tertiary/aromatic N) is 1. The number of rotatable bonds is 3. The van der Waals surface area contributed by atoms with Gasteiger partial charge in [-0.2, -0.15) is 0 Å². The van der Waals surface area contributed by atoms with Crippen LogP contribution < -0.4 is 4.31 Å². The second-order valence-corrected chi connectivity index (χ2v) is 10.5. The summed E-state index contributed by atoms with van der Waals surface area (Å²) in [5.74, 6) is 0.337. The van der Waals surface area contributed by atoms with Crippen molar-refractivity contribution < 1.29 is 13.2 Å². The van der Waals surface area contributed by atoms with Gasteiger partial charge in [-0.05, 0) is 61.1 Å². The molecule has 31 heavy (non-hydrogen) atoms. The third kappa shape index (κ3) is 3.46. The minimum absolute atomic E-state index is 0.0602. The zero-order chi connectivity index (χ0) is 21.6. The molecule has 0 unspecified atom stereocenters. The van der Waals surface area contributed by atoms with Crippen molar-refractivity contribution in [2.24, 2.45) is 5.92 Å². The van der Waals surface area contributed by atoms with Gasteiger partial charge in [0.15, 0.2) is 0 Å². The molecule has 0 aliphatic carbocycles. The smallest absolute Gasteiger partial charge is 0.264 e. The van der Waals surface area contributed by atoms with E-state index in [0.29, 0.717) is 18.0 Å². The average Bonchev–Trinajstić information content (AvgIpc) is 2.79. The first kappa shape index (κ1) is 20.3. The highest BCUT2D eigenvalue weighted by Gasteiger charge is 2.45. The Balaban J connectivity index is 1.62. The standard InChI is InChI=1S/C26H27NO3S/c1-18-11-13-20(14-12-18)31(28,29)27-17-24-22(23-9-5-6-10-25(23)27)15-16-30-26(24)21-8-4-3-7-19(21)2/h3-14,22,24,26H,15-17H2,1-2H3/t22-,24+,26+/m1/s1. The number of anilines is 1. The van der Waals surface area contributed by atoms with Crippen molar-refractivity contribution in [3.05, 3.63) is 95.1 Å². The van der Waals surface area contributed by atoms with Crippen LogP contribution in [0.1, 0.15) is 40.7 Å². The summed E-state index contributed by atoms with van der Waals surface area (Å²) in [6.07, 6.45) is 0.784. The lowest BCUT2D eigenvalue weighted by atomic mass is 9.73. The predicted octanol–water partition coefficient (Wildman–Crippen LogP) is 5.37. The summed E-state index contributed by atoms with van der Waals surface area (Å²) in [7, 11) is -3.68. The Labute approximate surface area is 184 Å². The molecule has 2 aliphatic rings. The highest BCUT2D eigenvalue weighted by atomic mass is 32.2. The van der Waals surface area contributed by atoms with Gasteiger partial charge in [0.2, 0.25) is 0 Å². The molecule has 4 nitrogen and oxygen atoms in total. The normalized spacial score (nSPS) is 23.2. The Hall–Kier alpha value is -2.63. The largest absolute Gasteiger partial charge is 0.373 e. The number of benzene rings is 3. The monoisotopic (exact) mass is 433 g/mol. The van der Waals surface area contributed by atoms with Crippen LogP contribution in [0.4, 0.5) is 5.69 Å². The molecule has 160 valence electrons. The van der Waals surface area contributed by atoms with E-state index < -0.39 is 10.0 Å². The second kappa shape index (κ2) is 7.81. The summed E-state index contributed by atoms with van der Waals surface area (Å²) in [6, 6.07) is 23.4.